The third-order valence-electron chi connectivity index (χ3n) is 5.34. The van der Waals surface area contributed by atoms with Crippen molar-refractivity contribution in [3.63, 3.8) is 0 Å². The summed E-state index contributed by atoms with van der Waals surface area (Å²) >= 11 is 0. The second kappa shape index (κ2) is 8.14. The number of rotatable bonds is 4. The Morgan fingerprint density at radius 1 is 1.32 bits per heavy atom. The highest BCUT2D eigenvalue weighted by Crippen LogP contribution is 2.30. The van der Waals surface area contributed by atoms with Crippen LogP contribution in [0.15, 0.2) is 44.1 Å². The number of aromatic nitrogens is 1. The fourth-order valence-corrected chi connectivity index (χ4v) is 5.13. The molecule has 2 aliphatic rings. The van der Waals surface area contributed by atoms with Gasteiger partial charge in [0.2, 0.25) is 11.8 Å². The average molecular weight is 446 g/mol. The lowest BCUT2D eigenvalue weighted by Crippen LogP contribution is -2.47. The van der Waals surface area contributed by atoms with Crippen LogP contribution in [0.1, 0.15) is 24.2 Å². The van der Waals surface area contributed by atoms with Crippen molar-refractivity contribution in [1.29, 1.82) is 0 Å². The van der Waals surface area contributed by atoms with Gasteiger partial charge in [0.1, 0.15) is 10.7 Å². The lowest BCUT2D eigenvalue weighted by Gasteiger charge is -2.35. The molecule has 31 heavy (non-hydrogen) atoms. The second-order valence-electron chi connectivity index (χ2n) is 7.74. The number of benzene rings is 1. The molecule has 0 bridgehead atoms. The molecule has 164 valence electrons. The SMILES string of the molecule is Cc1cc(NC(=O)CN(C)C(=O)C2CCCN(C3=NS(=O)(=O)c4ccccc43)C2)no1. The number of amides is 2. The highest BCUT2D eigenvalue weighted by atomic mass is 32.2. The third kappa shape index (κ3) is 4.31. The van der Waals surface area contributed by atoms with Crippen LogP contribution in [-0.4, -0.2) is 67.7 Å². The first-order chi connectivity index (χ1) is 14.7. The number of hydrogen-bond acceptors (Lipinski definition) is 7. The summed E-state index contributed by atoms with van der Waals surface area (Å²) in [7, 11) is -2.15. The van der Waals surface area contributed by atoms with E-state index in [2.05, 4.69) is 14.9 Å². The molecule has 1 fully saturated rings. The summed E-state index contributed by atoms with van der Waals surface area (Å²) in [6, 6.07) is 8.29. The van der Waals surface area contributed by atoms with E-state index in [4.69, 9.17) is 4.52 Å². The minimum absolute atomic E-state index is 0.126. The molecule has 1 aromatic carbocycles. The molecule has 1 unspecified atom stereocenters. The first-order valence-electron chi connectivity index (χ1n) is 9.92. The minimum Gasteiger partial charge on any atom is -0.360 e. The van der Waals surface area contributed by atoms with E-state index < -0.39 is 10.0 Å². The zero-order chi connectivity index (χ0) is 22.2. The zero-order valence-electron chi connectivity index (χ0n) is 17.2. The van der Waals surface area contributed by atoms with Crippen LogP contribution in [0.4, 0.5) is 5.82 Å². The van der Waals surface area contributed by atoms with E-state index in [9.17, 15) is 18.0 Å². The number of piperidine rings is 1. The fraction of sp³-hybridized carbons (Fsp3) is 0.400. The van der Waals surface area contributed by atoms with Crippen molar-refractivity contribution in [3.05, 3.63) is 41.7 Å². The molecule has 1 aromatic heterocycles. The van der Waals surface area contributed by atoms with Gasteiger partial charge in [0.25, 0.3) is 10.0 Å². The van der Waals surface area contributed by atoms with E-state index in [0.717, 1.165) is 6.42 Å². The van der Waals surface area contributed by atoms with Crippen molar-refractivity contribution < 1.29 is 22.5 Å². The van der Waals surface area contributed by atoms with Crippen molar-refractivity contribution >= 4 is 33.5 Å². The number of carbonyl (C=O) groups is 2. The largest absolute Gasteiger partial charge is 0.360 e. The molecule has 0 radical (unpaired) electrons. The Bertz CT molecular complexity index is 1160. The van der Waals surface area contributed by atoms with Crippen molar-refractivity contribution in [2.75, 3.05) is 32.0 Å². The molecular weight excluding hydrogens is 422 g/mol. The topological polar surface area (TPSA) is 125 Å². The van der Waals surface area contributed by atoms with E-state index in [0.29, 0.717) is 42.5 Å². The van der Waals surface area contributed by atoms with Gasteiger partial charge in [-0.1, -0.05) is 17.3 Å². The van der Waals surface area contributed by atoms with Crippen LogP contribution < -0.4 is 5.32 Å². The molecule has 2 amide bonds. The zero-order valence-corrected chi connectivity index (χ0v) is 18.1. The monoisotopic (exact) mass is 445 g/mol. The van der Waals surface area contributed by atoms with E-state index in [1.165, 1.54) is 11.0 Å². The van der Waals surface area contributed by atoms with Crippen molar-refractivity contribution in [2.45, 2.75) is 24.7 Å². The summed E-state index contributed by atoms with van der Waals surface area (Å²) in [5.74, 6) is 0.337. The first-order valence-corrected chi connectivity index (χ1v) is 11.4. The second-order valence-corrected chi connectivity index (χ2v) is 9.31. The smallest absolute Gasteiger partial charge is 0.285 e. The van der Waals surface area contributed by atoms with Gasteiger partial charge in [-0.15, -0.1) is 4.40 Å². The number of likely N-dealkylation sites (N-methyl/N-ethyl adjacent to an activating group) is 1. The molecule has 2 aromatic rings. The summed E-state index contributed by atoms with van der Waals surface area (Å²) in [5, 5.41) is 6.29. The Morgan fingerprint density at radius 3 is 2.84 bits per heavy atom. The molecular formula is C20H23N5O5S. The quantitative estimate of drug-likeness (QED) is 0.750. The summed E-state index contributed by atoms with van der Waals surface area (Å²) < 4.78 is 33.6. The van der Waals surface area contributed by atoms with Gasteiger partial charge in [0, 0.05) is 31.8 Å². The molecule has 1 atom stereocenters. The number of anilines is 1. The maximum absolute atomic E-state index is 13.0. The lowest BCUT2D eigenvalue weighted by molar-refractivity contribution is -0.138. The molecule has 3 heterocycles. The van der Waals surface area contributed by atoms with Crippen LogP contribution in [0.5, 0.6) is 0 Å². The molecule has 2 aliphatic heterocycles. The number of nitrogens with zero attached hydrogens (tertiary/aromatic N) is 4. The summed E-state index contributed by atoms with van der Waals surface area (Å²) in [6.45, 7) is 2.54. The predicted molar refractivity (Wildman–Crippen MR) is 112 cm³/mol. The number of hydrogen-bond donors (Lipinski definition) is 1. The Labute approximate surface area is 180 Å². The van der Waals surface area contributed by atoms with Gasteiger partial charge < -0.3 is 19.6 Å². The summed E-state index contributed by atoms with van der Waals surface area (Å²) in [5.41, 5.74) is 0.561. The van der Waals surface area contributed by atoms with Crippen molar-refractivity contribution in [2.24, 2.45) is 10.3 Å². The predicted octanol–water partition coefficient (Wildman–Crippen LogP) is 1.24. The Hall–Kier alpha value is -3.21. The minimum atomic E-state index is -3.72. The van der Waals surface area contributed by atoms with Crippen LogP contribution in [0, 0.1) is 12.8 Å². The van der Waals surface area contributed by atoms with Gasteiger partial charge in [0.15, 0.2) is 11.7 Å². The highest BCUT2D eigenvalue weighted by molar-refractivity contribution is 7.90. The van der Waals surface area contributed by atoms with Gasteiger partial charge in [-0.3, -0.25) is 9.59 Å². The molecule has 0 aliphatic carbocycles. The van der Waals surface area contributed by atoms with Crippen molar-refractivity contribution in [3.8, 4) is 0 Å². The van der Waals surface area contributed by atoms with Crippen LogP contribution in [-0.2, 0) is 19.6 Å². The van der Waals surface area contributed by atoms with Gasteiger partial charge in [0.05, 0.1) is 12.5 Å². The average Bonchev–Trinajstić information content (AvgIpc) is 3.27. The van der Waals surface area contributed by atoms with Gasteiger partial charge in [-0.05, 0) is 31.9 Å². The fourth-order valence-electron chi connectivity index (χ4n) is 3.90. The molecule has 1 N–H and O–H groups in total. The number of carbonyl (C=O) groups excluding carboxylic acids is 2. The number of nitrogens with one attached hydrogen (secondary N) is 1. The van der Waals surface area contributed by atoms with Crippen LogP contribution in [0.2, 0.25) is 0 Å². The highest BCUT2D eigenvalue weighted by Gasteiger charge is 2.36. The number of likely N-dealkylation sites (tertiary alicyclic amines) is 1. The van der Waals surface area contributed by atoms with Gasteiger partial charge in [-0.25, -0.2) is 0 Å². The lowest BCUT2D eigenvalue weighted by atomic mass is 9.96. The number of sulfonamides is 1. The Balaban J connectivity index is 1.41. The molecule has 0 saturated carbocycles. The number of aryl methyl sites for hydroxylation is 1. The van der Waals surface area contributed by atoms with Crippen LogP contribution in [0.3, 0.4) is 0 Å². The number of amidine groups is 1. The number of fused-ring (bicyclic) bond motifs is 1. The summed E-state index contributed by atoms with van der Waals surface area (Å²) in [4.78, 5) is 28.6. The van der Waals surface area contributed by atoms with E-state index in [-0.39, 0.29) is 29.2 Å². The molecule has 11 heteroatoms. The van der Waals surface area contributed by atoms with Crippen LogP contribution in [0.25, 0.3) is 0 Å². The van der Waals surface area contributed by atoms with Crippen LogP contribution >= 0.6 is 0 Å². The van der Waals surface area contributed by atoms with E-state index in [1.807, 2.05) is 4.90 Å². The molecule has 10 nitrogen and oxygen atoms in total. The van der Waals surface area contributed by atoms with Crippen molar-refractivity contribution in [1.82, 2.24) is 15.0 Å². The van der Waals surface area contributed by atoms with Gasteiger partial charge in [-0.2, -0.15) is 8.42 Å². The first kappa shape index (κ1) is 21.0. The molecule has 1 saturated heterocycles. The third-order valence-corrected chi connectivity index (χ3v) is 6.66. The Kier molecular flexibility index (Phi) is 5.52. The maximum atomic E-state index is 13.0. The van der Waals surface area contributed by atoms with E-state index >= 15 is 0 Å². The van der Waals surface area contributed by atoms with Gasteiger partial charge >= 0.3 is 0 Å². The maximum Gasteiger partial charge on any atom is 0.285 e. The molecule has 0 spiro atoms. The molecule has 4 rings (SSSR count). The summed E-state index contributed by atoms with van der Waals surface area (Å²) in [6.07, 6.45) is 1.38. The normalized spacial score (nSPS) is 19.5. The standard InChI is InChI=1S/C20H23N5O5S/c1-13-10-17(22-30-13)21-18(26)12-24(2)20(27)14-6-5-9-25(11-14)19-15-7-3-4-8-16(15)31(28,29)23-19/h3-4,7-8,10,14H,5-6,9,11-12H2,1-2H3,(H,21,22,26). The van der Waals surface area contributed by atoms with E-state index in [1.54, 1.807) is 38.2 Å². The Morgan fingerprint density at radius 2 is 2.10 bits per heavy atom.